The number of nitrogens with two attached hydrogens (primary N) is 1. The molecule has 1 aromatic carbocycles. The van der Waals surface area contributed by atoms with Crippen molar-refractivity contribution in [1.82, 2.24) is 5.32 Å². The highest BCUT2D eigenvalue weighted by Crippen LogP contribution is 2.18. The van der Waals surface area contributed by atoms with Crippen LogP contribution in [-0.2, 0) is 9.53 Å². The first kappa shape index (κ1) is 14.3. The minimum absolute atomic E-state index is 0.318. The number of nitrogens with one attached hydrogen (secondary N) is 1. The van der Waals surface area contributed by atoms with Crippen molar-refractivity contribution in [3.8, 4) is 0 Å². The maximum absolute atomic E-state index is 11.6. The number of halogens is 1. The molecule has 0 saturated carbocycles. The molecule has 1 aromatic rings. The molecule has 1 amide bonds. The van der Waals surface area contributed by atoms with Crippen molar-refractivity contribution in [2.45, 2.75) is 24.8 Å². The number of ether oxygens (including phenoxy) is 1. The summed E-state index contributed by atoms with van der Waals surface area (Å²) >= 11 is 5.85. The van der Waals surface area contributed by atoms with Crippen molar-refractivity contribution in [3.63, 3.8) is 0 Å². The van der Waals surface area contributed by atoms with E-state index in [1.807, 2.05) is 12.1 Å². The van der Waals surface area contributed by atoms with Gasteiger partial charge in [-0.15, -0.1) is 0 Å². The first-order valence-corrected chi connectivity index (χ1v) is 6.90. The van der Waals surface area contributed by atoms with Gasteiger partial charge in [0, 0.05) is 30.8 Å². The van der Waals surface area contributed by atoms with Gasteiger partial charge in [-0.2, -0.15) is 0 Å². The first-order valence-electron chi connectivity index (χ1n) is 6.52. The third-order valence-electron chi connectivity index (χ3n) is 3.45. The van der Waals surface area contributed by atoms with Gasteiger partial charge < -0.3 is 15.8 Å². The maximum Gasteiger partial charge on any atom is 0.226 e. The average Bonchev–Trinajstić information content (AvgIpc) is 2.42. The van der Waals surface area contributed by atoms with Crippen LogP contribution in [0.3, 0.4) is 0 Å². The van der Waals surface area contributed by atoms with Gasteiger partial charge in [0.15, 0.2) is 0 Å². The van der Waals surface area contributed by atoms with Crippen molar-refractivity contribution < 1.29 is 9.53 Å². The van der Waals surface area contributed by atoms with Crippen LogP contribution < -0.4 is 11.1 Å². The Bertz CT molecular complexity index is 416. The van der Waals surface area contributed by atoms with Crippen LogP contribution in [0.4, 0.5) is 0 Å². The summed E-state index contributed by atoms with van der Waals surface area (Å²) in [6.45, 7) is 2.11. The van der Waals surface area contributed by atoms with E-state index in [2.05, 4.69) is 5.32 Å². The molecule has 1 saturated heterocycles. The highest BCUT2D eigenvalue weighted by molar-refractivity contribution is 6.30. The summed E-state index contributed by atoms with van der Waals surface area (Å²) < 4.78 is 5.31. The van der Waals surface area contributed by atoms with Crippen LogP contribution in [0.1, 0.15) is 24.3 Å². The Morgan fingerprint density at radius 2 is 2.00 bits per heavy atom. The van der Waals surface area contributed by atoms with Gasteiger partial charge in [-0.3, -0.25) is 4.79 Å². The second-order valence-electron chi connectivity index (χ2n) is 4.80. The molecule has 0 spiro atoms. The molecular weight excluding hydrogens is 264 g/mol. The number of carbonyl (C=O) groups is 1. The summed E-state index contributed by atoms with van der Waals surface area (Å²) in [6, 6.07) is 7.66. The molecule has 1 aliphatic rings. The zero-order valence-electron chi connectivity index (χ0n) is 10.8. The summed E-state index contributed by atoms with van der Waals surface area (Å²) in [4.78, 5) is 11.6. The second-order valence-corrected chi connectivity index (χ2v) is 5.24. The monoisotopic (exact) mass is 282 g/mol. The average molecular weight is 283 g/mol. The normalized spacial score (nSPS) is 18.2. The Morgan fingerprint density at radius 3 is 2.58 bits per heavy atom. The molecule has 1 aliphatic heterocycles. The van der Waals surface area contributed by atoms with E-state index in [0.29, 0.717) is 17.6 Å². The molecular formula is C14H19ClN2O2. The van der Waals surface area contributed by atoms with Crippen LogP contribution in [0.2, 0.25) is 5.02 Å². The number of hydrogen-bond acceptors (Lipinski definition) is 3. The van der Waals surface area contributed by atoms with Crippen molar-refractivity contribution in [2.75, 3.05) is 19.8 Å². The quantitative estimate of drug-likeness (QED) is 0.864. The van der Waals surface area contributed by atoms with Crippen LogP contribution in [0.5, 0.6) is 0 Å². The van der Waals surface area contributed by atoms with Crippen molar-refractivity contribution >= 4 is 17.5 Å². The molecule has 0 unspecified atom stereocenters. The van der Waals surface area contributed by atoms with E-state index in [4.69, 9.17) is 22.1 Å². The summed E-state index contributed by atoms with van der Waals surface area (Å²) in [7, 11) is 0. The van der Waals surface area contributed by atoms with Crippen molar-refractivity contribution in [3.05, 3.63) is 34.9 Å². The molecule has 4 nitrogen and oxygen atoms in total. The zero-order chi connectivity index (χ0) is 13.7. The van der Waals surface area contributed by atoms with Gasteiger partial charge >= 0.3 is 0 Å². The van der Waals surface area contributed by atoms with E-state index < -0.39 is 0 Å². The lowest BCUT2D eigenvalue weighted by Crippen LogP contribution is -2.40. The molecule has 0 aliphatic carbocycles. The SMILES string of the molecule is NC(=O)[C@H](CNC1CCOCC1)c1ccc(Cl)cc1. The zero-order valence-corrected chi connectivity index (χ0v) is 11.5. The predicted octanol–water partition coefficient (Wildman–Crippen LogP) is 1.68. The number of rotatable bonds is 5. The lowest BCUT2D eigenvalue weighted by Gasteiger charge is -2.25. The van der Waals surface area contributed by atoms with E-state index >= 15 is 0 Å². The molecule has 2 rings (SSSR count). The van der Waals surface area contributed by atoms with Gasteiger partial charge in [0.25, 0.3) is 0 Å². The number of amides is 1. The number of carbonyl (C=O) groups excluding carboxylic acids is 1. The van der Waals surface area contributed by atoms with Gasteiger partial charge in [-0.1, -0.05) is 23.7 Å². The third-order valence-corrected chi connectivity index (χ3v) is 3.70. The van der Waals surface area contributed by atoms with E-state index in [1.165, 1.54) is 0 Å². The topological polar surface area (TPSA) is 64.4 Å². The Balaban J connectivity index is 1.96. The smallest absolute Gasteiger partial charge is 0.226 e. The van der Waals surface area contributed by atoms with Crippen LogP contribution in [0, 0.1) is 0 Å². The Hall–Kier alpha value is -1.10. The van der Waals surface area contributed by atoms with Crippen molar-refractivity contribution in [2.24, 2.45) is 5.73 Å². The van der Waals surface area contributed by atoms with Gasteiger partial charge in [0.2, 0.25) is 5.91 Å². The van der Waals surface area contributed by atoms with E-state index in [9.17, 15) is 4.79 Å². The fraction of sp³-hybridized carbons (Fsp3) is 0.500. The molecule has 0 radical (unpaired) electrons. The van der Waals surface area contributed by atoms with Gasteiger partial charge in [-0.05, 0) is 30.5 Å². The molecule has 1 fully saturated rings. The van der Waals surface area contributed by atoms with Crippen molar-refractivity contribution in [1.29, 1.82) is 0 Å². The molecule has 104 valence electrons. The van der Waals surface area contributed by atoms with Gasteiger partial charge in [0.1, 0.15) is 0 Å². The number of hydrogen-bond donors (Lipinski definition) is 2. The minimum atomic E-state index is -0.319. The maximum atomic E-state index is 11.6. The summed E-state index contributed by atoms with van der Waals surface area (Å²) in [6.07, 6.45) is 1.96. The van der Waals surface area contributed by atoms with E-state index in [-0.39, 0.29) is 11.8 Å². The molecule has 1 heterocycles. The van der Waals surface area contributed by atoms with E-state index in [1.54, 1.807) is 12.1 Å². The summed E-state index contributed by atoms with van der Waals surface area (Å²) in [5.41, 5.74) is 6.39. The molecule has 1 atom stereocenters. The van der Waals surface area contributed by atoms with Crippen LogP contribution in [0.25, 0.3) is 0 Å². The first-order chi connectivity index (χ1) is 9.16. The lowest BCUT2D eigenvalue weighted by atomic mass is 9.97. The standard InChI is InChI=1S/C14H19ClN2O2/c15-11-3-1-10(2-4-11)13(14(16)18)9-17-12-5-7-19-8-6-12/h1-4,12-13,17H,5-9H2,(H2,16,18)/t13-/m1/s1. The highest BCUT2D eigenvalue weighted by atomic mass is 35.5. The third kappa shape index (κ3) is 4.20. The number of primary amides is 1. The molecule has 0 aromatic heterocycles. The Kier molecular flexibility index (Phi) is 5.19. The molecule has 19 heavy (non-hydrogen) atoms. The number of benzene rings is 1. The molecule has 3 N–H and O–H groups in total. The van der Waals surface area contributed by atoms with E-state index in [0.717, 1.165) is 31.6 Å². The highest BCUT2D eigenvalue weighted by Gasteiger charge is 2.20. The van der Waals surface area contributed by atoms with Gasteiger partial charge in [0.05, 0.1) is 5.92 Å². The fourth-order valence-corrected chi connectivity index (χ4v) is 2.39. The van der Waals surface area contributed by atoms with Crippen LogP contribution >= 0.6 is 11.6 Å². The Morgan fingerprint density at radius 1 is 1.37 bits per heavy atom. The molecule has 5 heteroatoms. The predicted molar refractivity (Wildman–Crippen MR) is 75.2 cm³/mol. The second kappa shape index (κ2) is 6.89. The lowest BCUT2D eigenvalue weighted by molar-refractivity contribution is -0.119. The fourth-order valence-electron chi connectivity index (χ4n) is 2.26. The summed E-state index contributed by atoms with van der Waals surface area (Å²) in [5.74, 6) is -0.637. The molecule has 0 bridgehead atoms. The van der Waals surface area contributed by atoms with Crippen LogP contribution in [0.15, 0.2) is 24.3 Å². The van der Waals surface area contributed by atoms with Crippen LogP contribution in [-0.4, -0.2) is 31.7 Å². The Labute approximate surface area is 118 Å². The van der Waals surface area contributed by atoms with Gasteiger partial charge in [-0.25, -0.2) is 0 Å². The minimum Gasteiger partial charge on any atom is -0.381 e. The summed E-state index contributed by atoms with van der Waals surface area (Å²) in [5, 5.41) is 4.06. The largest absolute Gasteiger partial charge is 0.381 e.